The summed E-state index contributed by atoms with van der Waals surface area (Å²) in [7, 11) is 0. The number of hydrogen-bond acceptors (Lipinski definition) is 3. The van der Waals surface area contributed by atoms with Crippen LogP contribution in [0, 0.1) is 0 Å². The summed E-state index contributed by atoms with van der Waals surface area (Å²) in [5, 5.41) is 3.37. The van der Waals surface area contributed by atoms with Gasteiger partial charge in [0.15, 0.2) is 0 Å². The summed E-state index contributed by atoms with van der Waals surface area (Å²) >= 11 is 0. The Hall–Kier alpha value is -0.800. The van der Waals surface area contributed by atoms with Crippen LogP contribution < -0.4 is 5.32 Å². The monoisotopic (exact) mass is 223 g/mol. The fraction of sp³-hybridized carbons (Fsp3) is 0.692. The molecule has 2 rings (SSSR count). The van der Waals surface area contributed by atoms with E-state index in [9.17, 15) is 0 Å². The van der Waals surface area contributed by atoms with Crippen molar-refractivity contribution >= 4 is 0 Å². The summed E-state index contributed by atoms with van der Waals surface area (Å²) in [6.07, 6.45) is 10.4. The summed E-state index contributed by atoms with van der Waals surface area (Å²) in [5.41, 5.74) is 1.21. The molecule has 16 heavy (non-hydrogen) atoms. The average molecular weight is 223 g/mol. The highest BCUT2D eigenvalue weighted by Crippen LogP contribution is 2.20. The second-order valence-electron chi connectivity index (χ2n) is 4.44. The summed E-state index contributed by atoms with van der Waals surface area (Å²) in [4.78, 5) is 0. The number of rotatable bonds is 7. The maximum atomic E-state index is 5.78. The first-order valence-corrected chi connectivity index (χ1v) is 6.28. The molecule has 0 saturated heterocycles. The van der Waals surface area contributed by atoms with Gasteiger partial charge >= 0.3 is 0 Å². The van der Waals surface area contributed by atoms with E-state index in [2.05, 4.69) is 5.32 Å². The molecule has 0 spiro atoms. The molecule has 1 aromatic rings. The SMILES string of the molecule is c1cc(CNCCCOC2CCCC2)co1. The third-order valence-corrected chi connectivity index (χ3v) is 3.06. The third kappa shape index (κ3) is 3.99. The highest BCUT2D eigenvalue weighted by atomic mass is 16.5. The topological polar surface area (TPSA) is 34.4 Å². The molecule has 1 heterocycles. The number of nitrogens with one attached hydrogen (secondary N) is 1. The van der Waals surface area contributed by atoms with Gasteiger partial charge in [-0.1, -0.05) is 12.8 Å². The minimum atomic E-state index is 0.550. The minimum absolute atomic E-state index is 0.550. The lowest BCUT2D eigenvalue weighted by Gasteiger charge is -2.10. The Morgan fingerprint density at radius 3 is 3.00 bits per heavy atom. The fourth-order valence-electron chi connectivity index (χ4n) is 2.13. The van der Waals surface area contributed by atoms with Gasteiger partial charge in [-0.3, -0.25) is 0 Å². The molecule has 0 unspecified atom stereocenters. The van der Waals surface area contributed by atoms with Crippen LogP contribution in [-0.4, -0.2) is 19.3 Å². The maximum Gasteiger partial charge on any atom is 0.0947 e. The van der Waals surface area contributed by atoms with Crippen molar-refractivity contribution < 1.29 is 9.15 Å². The molecular weight excluding hydrogens is 202 g/mol. The van der Waals surface area contributed by atoms with Gasteiger partial charge in [0, 0.05) is 18.7 Å². The van der Waals surface area contributed by atoms with Gasteiger partial charge < -0.3 is 14.5 Å². The van der Waals surface area contributed by atoms with Crippen LogP contribution in [0.5, 0.6) is 0 Å². The highest BCUT2D eigenvalue weighted by Gasteiger charge is 2.14. The molecule has 1 aliphatic carbocycles. The van der Waals surface area contributed by atoms with Crippen molar-refractivity contribution in [2.45, 2.75) is 44.8 Å². The Labute approximate surface area is 97.2 Å². The lowest BCUT2D eigenvalue weighted by Crippen LogP contribution is -2.17. The molecule has 0 aromatic carbocycles. The molecule has 1 aromatic heterocycles. The van der Waals surface area contributed by atoms with E-state index in [1.807, 2.05) is 6.07 Å². The van der Waals surface area contributed by atoms with Gasteiger partial charge in [0.05, 0.1) is 18.6 Å². The van der Waals surface area contributed by atoms with E-state index < -0.39 is 0 Å². The van der Waals surface area contributed by atoms with Crippen LogP contribution in [0.15, 0.2) is 23.0 Å². The number of furan rings is 1. The second-order valence-corrected chi connectivity index (χ2v) is 4.44. The first-order valence-electron chi connectivity index (χ1n) is 6.28. The zero-order chi connectivity index (χ0) is 11.1. The molecule has 0 aliphatic heterocycles. The van der Waals surface area contributed by atoms with E-state index in [1.54, 1.807) is 12.5 Å². The van der Waals surface area contributed by atoms with Gasteiger partial charge in [-0.05, 0) is 31.9 Å². The quantitative estimate of drug-likeness (QED) is 0.722. The zero-order valence-corrected chi connectivity index (χ0v) is 9.78. The Morgan fingerprint density at radius 2 is 2.25 bits per heavy atom. The molecule has 1 saturated carbocycles. The van der Waals surface area contributed by atoms with Crippen molar-refractivity contribution in [2.24, 2.45) is 0 Å². The van der Waals surface area contributed by atoms with Crippen molar-refractivity contribution in [3.05, 3.63) is 24.2 Å². The zero-order valence-electron chi connectivity index (χ0n) is 9.78. The van der Waals surface area contributed by atoms with Crippen molar-refractivity contribution in [3.8, 4) is 0 Å². The summed E-state index contributed by atoms with van der Waals surface area (Å²) in [6, 6.07) is 1.99. The van der Waals surface area contributed by atoms with Crippen molar-refractivity contribution in [2.75, 3.05) is 13.2 Å². The van der Waals surface area contributed by atoms with Gasteiger partial charge in [0.2, 0.25) is 0 Å². The van der Waals surface area contributed by atoms with Crippen LogP contribution in [0.2, 0.25) is 0 Å². The standard InChI is InChI=1S/C13H21NO2/c1-2-5-13(4-1)16-8-3-7-14-10-12-6-9-15-11-12/h6,9,11,13-14H,1-5,7-8,10H2. The van der Waals surface area contributed by atoms with E-state index in [0.717, 1.165) is 26.1 Å². The van der Waals surface area contributed by atoms with Crippen LogP contribution in [0.4, 0.5) is 0 Å². The summed E-state index contributed by atoms with van der Waals surface area (Å²) in [6.45, 7) is 2.79. The van der Waals surface area contributed by atoms with E-state index in [0.29, 0.717) is 6.10 Å². The van der Waals surface area contributed by atoms with Gasteiger partial charge in [-0.2, -0.15) is 0 Å². The van der Waals surface area contributed by atoms with E-state index in [1.165, 1.54) is 31.2 Å². The highest BCUT2D eigenvalue weighted by molar-refractivity contribution is 5.04. The van der Waals surface area contributed by atoms with Crippen molar-refractivity contribution in [1.29, 1.82) is 0 Å². The second kappa shape index (κ2) is 6.71. The maximum absolute atomic E-state index is 5.78. The average Bonchev–Trinajstić information content (AvgIpc) is 2.96. The normalized spacial score (nSPS) is 17.0. The van der Waals surface area contributed by atoms with Gasteiger partial charge in [0.1, 0.15) is 0 Å². The lowest BCUT2D eigenvalue weighted by atomic mass is 10.3. The molecule has 1 aliphatic rings. The molecular formula is C13H21NO2. The largest absolute Gasteiger partial charge is 0.472 e. The summed E-state index contributed by atoms with van der Waals surface area (Å²) in [5.74, 6) is 0. The first-order chi connectivity index (χ1) is 7.95. The van der Waals surface area contributed by atoms with Gasteiger partial charge in [-0.25, -0.2) is 0 Å². The molecule has 0 amide bonds. The first kappa shape index (κ1) is 11.7. The van der Waals surface area contributed by atoms with Crippen LogP contribution >= 0.6 is 0 Å². The molecule has 3 nitrogen and oxygen atoms in total. The van der Waals surface area contributed by atoms with Gasteiger partial charge in [0.25, 0.3) is 0 Å². The Bertz CT molecular complexity index is 265. The number of ether oxygens (including phenoxy) is 1. The molecule has 0 bridgehead atoms. The van der Waals surface area contributed by atoms with E-state index in [-0.39, 0.29) is 0 Å². The Kier molecular flexibility index (Phi) is 4.90. The summed E-state index contributed by atoms with van der Waals surface area (Å²) < 4.78 is 10.8. The number of hydrogen-bond donors (Lipinski definition) is 1. The lowest BCUT2D eigenvalue weighted by molar-refractivity contribution is 0.0568. The smallest absolute Gasteiger partial charge is 0.0947 e. The molecule has 1 fully saturated rings. The molecule has 0 atom stereocenters. The van der Waals surface area contributed by atoms with Crippen LogP contribution in [0.3, 0.4) is 0 Å². The molecule has 3 heteroatoms. The fourth-order valence-corrected chi connectivity index (χ4v) is 2.13. The molecule has 1 N–H and O–H groups in total. The van der Waals surface area contributed by atoms with Gasteiger partial charge in [-0.15, -0.1) is 0 Å². The predicted molar refractivity (Wildman–Crippen MR) is 63.2 cm³/mol. The van der Waals surface area contributed by atoms with E-state index in [4.69, 9.17) is 9.15 Å². The van der Waals surface area contributed by atoms with E-state index >= 15 is 0 Å². The Balaban J connectivity index is 1.43. The van der Waals surface area contributed by atoms with Crippen LogP contribution in [0.25, 0.3) is 0 Å². The molecule has 90 valence electrons. The third-order valence-electron chi connectivity index (χ3n) is 3.06. The Morgan fingerprint density at radius 1 is 1.38 bits per heavy atom. The van der Waals surface area contributed by atoms with Crippen molar-refractivity contribution in [3.63, 3.8) is 0 Å². The van der Waals surface area contributed by atoms with Crippen LogP contribution in [0.1, 0.15) is 37.7 Å². The van der Waals surface area contributed by atoms with Crippen LogP contribution in [-0.2, 0) is 11.3 Å². The molecule has 0 radical (unpaired) electrons. The minimum Gasteiger partial charge on any atom is -0.472 e. The predicted octanol–water partition coefficient (Wildman–Crippen LogP) is 2.72. The van der Waals surface area contributed by atoms with Crippen molar-refractivity contribution in [1.82, 2.24) is 5.32 Å².